The maximum Gasteiger partial charge on any atom is 0.269 e. The van der Waals surface area contributed by atoms with E-state index in [-0.39, 0.29) is 11.5 Å². The Morgan fingerprint density at radius 3 is 2.80 bits per heavy atom. The molecule has 0 atom stereocenters. The molecular formula is C15H23N3O2. The molecule has 3 rings (SSSR count). The number of aromatic amines is 2. The predicted octanol–water partition coefficient (Wildman–Crippen LogP) is 1.95. The first kappa shape index (κ1) is 13.5. The van der Waals surface area contributed by atoms with Gasteiger partial charge in [-0.1, -0.05) is 32.1 Å². The fourth-order valence-corrected chi connectivity index (χ4v) is 3.49. The second-order valence-corrected chi connectivity index (χ2v) is 6.14. The van der Waals surface area contributed by atoms with Gasteiger partial charge < -0.3 is 10.00 Å². The quantitative estimate of drug-likeness (QED) is 0.886. The van der Waals surface area contributed by atoms with Crippen molar-refractivity contribution in [3.63, 3.8) is 0 Å². The summed E-state index contributed by atoms with van der Waals surface area (Å²) in [6.07, 6.45) is 8.99. The Labute approximate surface area is 118 Å². The van der Waals surface area contributed by atoms with E-state index in [9.17, 15) is 9.59 Å². The zero-order valence-electron chi connectivity index (χ0n) is 11.9. The maximum absolute atomic E-state index is 12.3. The standard InChI is InChI=1S/C15H23N3O2/c19-14(7-6-11-4-2-1-3-5-11)18-9-8-13-12(10-18)15(20)17-16-13/h11H,1-10H2,(H2,16,17,20). The minimum Gasteiger partial charge on any atom is -0.338 e. The molecule has 1 aliphatic carbocycles. The Balaban J connectivity index is 1.53. The average Bonchev–Trinajstić information content (AvgIpc) is 2.87. The van der Waals surface area contributed by atoms with Gasteiger partial charge in [0.1, 0.15) is 0 Å². The second kappa shape index (κ2) is 5.85. The number of H-pyrrole nitrogens is 2. The summed E-state index contributed by atoms with van der Waals surface area (Å²) in [6, 6.07) is 0. The van der Waals surface area contributed by atoms with Gasteiger partial charge in [-0.15, -0.1) is 0 Å². The molecule has 20 heavy (non-hydrogen) atoms. The first-order chi connectivity index (χ1) is 9.74. The predicted molar refractivity (Wildman–Crippen MR) is 76.3 cm³/mol. The highest BCUT2D eigenvalue weighted by atomic mass is 16.2. The van der Waals surface area contributed by atoms with Crippen molar-refractivity contribution in [2.45, 2.75) is 57.9 Å². The molecule has 1 aromatic rings. The third-order valence-electron chi connectivity index (χ3n) is 4.79. The first-order valence-corrected chi connectivity index (χ1v) is 7.80. The van der Waals surface area contributed by atoms with E-state index in [0.717, 1.165) is 36.6 Å². The van der Waals surface area contributed by atoms with Crippen LogP contribution in [-0.4, -0.2) is 27.5 Å². The van der Waals surface area contributed by atoms with Crippen LogP contribution >= 0.6 is 0 Å². The van der Waals surface area contributed by atoms with Gasteiger partial charge in [0.15, 0.2) is 0 Å². The highest BCUT2D eigenvalue weighted by Gasteiger charge is 2.24. The third kappa shape index (κ3) is 2.81. The van der Waals surface area contributed by atoms with E-state index in [2.05, 4.69) is 10.2 Å². The van der Waals surface area contributed by atoms with Crippen LogP contribution < -0.4 is 5.56 Å². The van der Waals surface area contributed by atoms with Crippen LogP contribution in [0.1, 0.15) is 56.2 Å². The van der Waals surface area contributed by atoms with Gasteiger partial charge in [0.2, 0.25) is 5.91 Å². The Hall–Kier alpha value is -1.52. The van der Waals surface area contributed by atoms with Crippen molar-refractivity contribution in [1.82, 2.24) is 15.1 Å². The molecule has 1 aliphatic heterocycles. The normalized spacial score (nSPS) is 19.9. The molecular weight excluding hydrogens is 254 g/mol. The lowest BCUT2D eigenvalue weighted by molar-refractivity contribution is -0.132. The summed E-state index contributed by atoms with van der Waals surface area (Å²) in [4.78, 5) is 25.7. The molecule has 0 radical (unpaired) electrons. The van der Waals surface area contributed by atoms with Crippen LogP contribution in [0.3, 0.4) is 0 Å². The molecule has 2 heterocycles. The lowest BCUT2D eigenvalue weighted by atomic mass is 9.86. The molecule has 0 aromatic carbocycles. The van der Waals surface area contributed by atoms with E-state index in [1.165, 1.54) is 32.1 Å². The summed E-state index contributed by atoms with van der Waals surface area (Å²) < 4.78 is 0. The van der Waals surface area contributed by atoms with E-state index in [1.807, 2.05) is 4.90 Å². The van der Waals surface area contributed by atoms with Crippen LogP contribution in [0.25, 0.3) is 0 Å². The second-order valence-electron chi connectivity index (χ2n) is 6.14. The van der Waals surface area contributed by atoms with Crippen molar-refractivity contribution < 1.29 is 4.79 Å². The van der Waals surface area contributed by atoms with Gasteiger partial charge >= 0.3 is 0 Å². The fourth-order valence-electron chi connectivity index (χ4n) is 3.49. The largest absolute Gasteiger partial charge is 0.338 e. The molecule has 0 unspecified atom stereocenters. The number of carbonyl (C=O) groups is 1. The van der Waals surface area contributed by atoms with Gasteiger partial charge in [-0.05, 0) is 12.3 Å². The van der Waals surface area contributed by atoms with Crippen LogP contribution in [0.5, 0.6) is 0 Å². The summed E-state index contributed by atoms with van der Waals surface area (Å²) in [5.41, 5.74) is 1.62. The van der Waals surface area contributed by atoms with Crippen molar-refractivity contribution in [2.24, 2.45) is 5.92 Å². The zero-order chi connectivity index (χ0) is 13.9. The zero-order valence-corrected chi connectivity index (χ0v) is 11.9. The number of fused-ring (bicyclic) bond motifs is 1. The third-order valence-corrected chi connectivity index (χ3v) is 4.79. The molecule has 5 heteroatoms. The highest BCUT2D eigenvalue weighted by Crippen LogP contribution is 2.27. The average molecular weight is 277 g/mol. The van der Waals surface area contributed by atoms with E-state index < -0.39 is 0 Å². The number of aromatic nitrogens is 2. The molecule has 2 N–H and O–H groups in total. The Kier molecular flexibility index (Phi) is 3.94. The van der Waals surface area contributed by atoms with Crippen LogP contribution in [0.2, 0.25) is 0 Å². The van der Waals surface area contributed by atoms with Gasteiger partial charge in [0, 0.05) is 25.1 Å². The number of carbonyl (C=O) groups excluding carboxylic acids is 1. The van der Waals surface area contributed by atoms with Crippen molar-refractivity contribution in [2.75, 3.05) is 6.54 Å². The molecule has 0 saturated heterocycles. The van der Waals surface area contributed by atoms with Crippen molar-refractivity contribution in [1.29, 1.82) is 0 Å². The highest BCUT2D eigenvalue weighted by molar-refractivity contribution is 5.76. The van der Waals surface area contributed by atoms with Crippen molar-refractivity contribution in [3.8, 4) is 0 Å². The summed E-state index contributed by atoms with van der Waals surface area (Å²) in [6.45, 7) is 1.20. The maximum atomic E-state index is 12.3. The number of nitrogens with zero attached hydrogens (tertiary/aromatic N) is 1. The molecule has 1 aromatic heterocycles. The van der Waals surface area contributed by atoms with Crippen LogP contribution in [0.15, 0.2) is 4.79 Å². The van der Waals surface area contributed by atoms with E-state index in [4.69, 9.17) is 0 Å². The molecule has 110 valence electrons. The van der Waals surface area contributed by atoms with Gasteiger partial charge in [-0.3, -0.25) is 14.7 Å². The van der Waals surface area contributed by atoms with Crippen LogP contribution in [0, 0.1) is 5.92 Å². The van der Waals surface area contributed by atoms with Gasteiger partial charge in [0.05, 0.1) is 12.1 Å². The van der Waals surface area contributed by atoms with Gasteiger partial charge in [0.25, 0.3) is 5.56 Å². The number of hydrogen-bond acceptors (Lipinski definition) is 2. The van der Waals surface area contributed by atoms with E-state index in [0.29, 0.717) is 13.0 Å². The van der Waals surface area contributed by atoms with Gasteiger partial charge in [-0.25, -0.2) is 0 Å². The molecule has 1 fully saturated rings. The molecule has 1 amide bonds. The molecule has 2 aliphatic rings. The Morgan fingerprint density at radius 2 is 2.00 bits per heavy atom. The lowest BCUT2D eigenvalue weighted by Crippen LogP contribution is -2.37. The molecule has 0 spiro atoms. The summed E-state index contributed by atoms with van der Waals surface area (Å²) in [7, 11) is 0. The number of amides is 1. The summed E-state index contributed by atoms with van der Waals surface area (Å²) in [5.74, 6) is 0.950. The monoisotopic (exact) mass is 277 g/mol. The van der Waals surface area contributed by atoms with E-state index in [1.54, 1.807) is 0 Å². The lowest BCUT2D eigenvalue weighted by Gasteiger charge is -2.27. The smallest absolute Gasteiger partial charge is 0.269 e. The fraction of sp³-hybridized carbons (Fsp3) is 0.733. The minimum atomic E-state index is -0.0789. The van der Waals surface area contributed by atoms with Crippen molar-refractivity contribution >= 4 is 5.91 Å². The van der Waals surface area contributed by atoms with Crippen LogP contribution in [-0.2, 0) is 17.8 Å². The first-order valence-electron chi connectivity index (χ1n) is 7.80. The van der Waals surface area contributed by atoms with Gasteiger partial charge in [-0.2, -0.15) is 0 Å². The molecule has 0 bridgehead atoms. The SMILES string of the molecule is O=C(CCC1CCCCC1)N1CCc2[nH][nH]c(=O)c2C1. The van der Waals surface area contributed by atoms with E-state index >= 15 is 0 Å². The minimum absolute atomic E-state index is 0.0789. The summed E-state index contributed by atoms with van der Waals surface area (Å²) >= 11 is 0. The van der Waals surface area contributed by atoms with Crippen LogP contribution in [0.4, 0.5) is 0 Å². The Morgan fingerprint density at radius 1 is 1.20 bits per heavy atom. The number of rotatable bonds is 3. The number of nitrogens with one attached hydrogen (secondary N) is 2. The van der Waals surface area contributed by atoms with Crippen molar-refractivity contribution in [3.05, 3.63) is 21.6 Å². The molecule has 5 nitrogen and oxygen atoms in total. The topological polar surface area (TPSA) is 69.0 Å². The molecule has 1 saturated carbocycles. The number of hydrogen-bond donors (Lipinski definition) is 2. The Bertz CT molecular complexity index is 525. The summed E-state index contributed by atoms with van der Waals surface area (Å²) in [5, 5.41) is 5.50.